The predicted molar refractivity (Wildman–Crippen MR) is 84.7 cm³/mol. The van der Waals surface area contributed by atoms with Gasteiger partial charge in [0.15, 0.2) is 11.5 Å². The topological polar surface area (TPSA) is 30.5 Å². The minimum Gasteiger partial charge on any atom is -0.490 e. The SMILES string of the molecule is CCOc1cc(CNC(C)(C)C)ccc1OCC=CCl. The van der Waals surface area contributed by atoms with Gasteiger partial charge in [0.05, 0.1) is 6.61 Å². The lowest BCUT2D eigenvalue weighted by Gasteiger charge is -2.21. The lowest BCUT2D eigenvalue weighted by atomic mass is 10.1. The van der Waals surface area contributed by atoms with E-state index >= 15 is 0 Å². The van der Waals surface area contributed by atoms with Gasteiger partial charge in [0.1, 0.15) is 6.61 Å². The third kappa shape index (κ3) is 6.31. The van der Waals surface area contributed by atoms with E-state index in [1.807, 2.05) is 25.1 Å². The Labute approximate surface area is 126 Å². The van der Waals surface area contributed by atoms with Crippen LogP contribution in [0.1, 0.15) is 33.3 Å². The van der Waals surface area contributed by atoms with Gasteiger partial charge < -0.3 is 14.8 Å². The molecule has 4 heteroatoms. The van der Waals surface area contributed by atoms with Crippen molar-refractivity contribution in [1.82, 2.24) is 5.32 Å². The van der Waals surface area contributed by atoms with Gasteiger partial charge in [-0.2, -0.15) is 0 Å². The van der Waals surface area contributed by atoms with Gasteiger partial charge in [-0.3, -0.25) is 0 Å². The number of halogens is 1. The van der Waals surface area contributed by atoms with Crippen molar-refractivity contribution in [3.8, 4) is 11.5 Å². The smallest absolute Gasteiger partial charge is 0.161 e. The second kappa shape index (κ2) is 8.18. The second-order valence-corrected chi connectivity index (χ2v) is 5.74. The Morgan fingerprint density at radius 1 is 1.20 bits per heavy atom. The first-order valence-corrected chi connectivity index (χ1v) is 7.28. The summed E-state index contributed by atoms with van der Waals surface area (Å²) in [6.45, 7) is 10.2. The molecule has 0 radical (unpaired) electrons. The Morgan fingerprint density at radius 3 is 2.55 bits per heavy atom. The van der Waals surface area contributed by atoms with Crippen molar-refractivity contribution in [3.63, 3.8) is 0 Å². The first-order chi connectivity index (χ1) is 9.46. The summed E-state index contributed by atoms with van der Waals surface area (Å²) in [5.74, 6) is 1.50. The molecule has 0 spiro atoms. The van der Waals surface area contributed by atoms with E-state index in [0.29, 0.717) is 13.2 Å². The van der Waals surface area contributed by atoms with Crippen LogP contribution in [0.3, 0.4) is 0 Å². The van der Waals surface area contributed by atoms with Crippen molar-refractivity contribution in [2.45, 2.75) is 39.8 Å². The molecule has 0 aliphatic rings. The van der Waals surface area contributed by atoms with Crippen molar-refractivity contribution in [1.29, 1.82) is 0 Å². The van der Waals surface area contributed by atoms with Gasteiger partial charge in [-0.15, -0.1) is 0 Å². The molecule has 112 valence electrons. The summed E-state index contributed by atoms with van der Waals surface area (Å²) < 4.78 is 11.2. The lowest BCUT2D eigenvalue weighted by Crippen LogP contribution is -2.35. The zero-order valence-electron chi connectivity index (χ0n) is 12.7. The minimum absolute atomic E-state index is 0.0894. The molecule has 3 nitrogen and oxygen atoms in total. The molecule has 20 heavy (non-hydrogen) atoms. The normalized spacial score (nSPS) is 11.8. The maximum absolute atomic E-state index is 5.63. The molecule has 1 rings (SSSR count). The van der Waals surface area contributed by atoms with Gasteiger partial charge >= 0.3 is 0 Å². The maximum atomic E-state index is 5.63. The van der Waals surface area contributed by atoms with Crippen molar-refractivity contribution in [2.75, 3.05) is 13.2 Å². The van der Waals surface area contributed by atoms with Crippen LogP contribution in [0.2, 0.25) is 0 Å². The fraction of sp³-hybridized carbons (Fsp3) is 0.500. The van der Waals surface area contributed by atoms with Gasteiger partial charge in [-0.25, -0.2) is 0 Å². The number of hydrogen-bond donors (Lipinski definition) is 1. The summed E-state index contributed by atoms with van der Waals surface area (Å²) in [7, 11) is 0. The zero-order valence-corrected chi connectivity index (χ0v) is 13.5. The highest BCUT2D eigenvalue weighted by atomic mass is 35.5. The number of ether oxygens (including phenoxy) is 2. The summed E-state index contributed by atoms with van der Waals surface area (Å²) in [5, 5.41) is 3.45. The third-order valence-electron chi connectivity index (χ3n) is 2.55. The molecule has 0 fully saturated rings. The van der Waals surface area contributed by atoms with Crippen molar-refractivity contribution >= 4 is 11.6 Å². The molecule has 0 saturated carbocycles. The average Bonchev–Trinajstić information content (AvgIpc) is 2.38. The summed E-state index contributed by atoms with van der Waals surface area (Å²) in [6, 6.07) is 6.00. The molecule has 0 bridgehead atoms. The van der Waals surface area contributed by atoms with E-state index < -0.39 is 0 Å². The van der Waals surface area contributed by atoms with Crippen molar-refractivity contribution in [3.05, 3.63) is 35.4 Å². The molecule has 1 aromatic rings. The number of hydrogen-bond acceptors (Lipinski definition) is 3. The second-order valence-electron chi connectivity index (χ2n) is 5.49. The highest BCUT2D eigenvalue weighted by Crippen LogP contribution is 2.28. The molecule has 0 aromatic heterocycles. The Kier molecular flexibility index (Phi) is 6.89. The molecular weight excluding hydrogens is 274 g/mol. The summed E-state index contributed by atoms with van der Waals surface area (Å²) in [5.41, 5.74) is 2.71. The van der Waals surface area contributed by atoms with Crippen LogP contribution >= 0.6 is 11.6 Å². The summed E-state index contributed by atoms with van der Waals surface area (Å²) in [4.78, 5) is 0. The highest BCUT2D eigenvalue weighted by Gasteiger charge is 2.10. The van der Waals surface area contributed by atoms with Crippen LogP contribution in [0, 0.1) is 0 Å². The van der Waals surface area contributed by atoms with Gasteiger partial charge in [0, 0.05) is 17.6 Å². The van der Waals surface area contributed by atoms with Crippen LogP contribution in [0.25, 0.3) is 0 Å². The van der Waals surface area contributed by atoms with E-state index in [1.165, 1.54) is 11.1 Å². The van der Waals surface area contributed by atoms with Crippen molar-refractivity contribution in [2.24, 2.45) is 0 Å². The molecular formula is C16H24ClNO2. The molecule has 0 saturated heterocycles. The fourth-order valence-corrected chi connectivity index (χ4v) is 1.66. The minimum atomic E-state index is 0.0894. The quantitative estimate of drug-likeness (QED) is 0.822. The van der Waals surface area contributed by atoms with E-state index in [2.05, 4.69) is 26.1 Å². The Morgan fingerprint density at radius 2 is 1.95 bits per heavy atom. The van der Waals surface area contributed by atoms with Crippen LogP contribution in [0.15, 0.2) is 29.8 Å². The fourth-order valence-electron chi connectivity index (χ4n) is 1.59. The number of nitrogens with one attached hydrogen (secondary N) is 1. The van der Waals surface area contributed by atoms with E-state index in [1.54, 1.807) is 6.08 Å². The molecule has 0 atom stereocenters. The average molecular weight is 298 g/mol. The molecule has 0 aliphatic carbocycles. The summed E-state index contributed by atoms with van der Waals surface area (Å²) in [6.07, 6.45) is 1.74. The van der Waals surface area contributed by atoms with Crippen LogP contribution in [0.5, 0.6) is 11.5 Å². The maximum Gasteiger partial charge on any atom is 0.161 e. The molecule has 0 heterocycles. The van der Waals surface area contributed by atoms with Gasteiger partial charge in [0.25, 0.3) is 0 Å². The monoisotopic (exact) mass is 297 g/mol. The first kappa shape index (κ1) is 16.9. The summed E-state index contributed by atoms with van der Waals surface area (Å²) >= 11 is 5.48. The standard InChI is InChI=1S/C16H24ClNO2/c1-5-19-15-11-13(12-18-16(2,3)4)7-8-14(15)20-10-6-9-17/h6-9,11,18H,5,10,12H2,1-4H3. The van der Waals surface area contributed by atoms with Crippen molar-refractivity contribution < 1.29 is 9.47 Å². The van der Waals surface area contributed by atoms with E-state index in [0.717, 1.165) is 18.0 Å². The third-order valence-corrected chi connectivity index (χ3v) is 2.73. The molecule has 0 aliphatic heterocycles. The Balaban J connectivity index is 2.77. The van der Waals surface area contributed by atoms with E-state index in [-0.39, 0.29) is 5.54 Å². The lowest BCUT2D eigenvalue weighted by molar-refractivity contribution is 0.296. The Bertz CT molecular complexity index is 439. The van der Waals surface area contributed by atoms with Crippen LogP contribution in [-0.4, -0.2) is 18.8 Å². The van der Waals surface area contributed by atoms with Crippen LogP contribution < -0.4 is 14.8 Å². The van der Waals surface area contributed by atoms with Crippen LogP contribution in [0.4, 0.5) is 0 Å². The van der Waals surface area contributed by atoms with Gasteiger partial charge in [0.2, 0.25) is 0 Å². The highest BCUT2D eigenvalue weighted by molar-refractivity contribution is 6.25. The number of benzene rings is 1. The largest absolute Gasteiger partial charge is 0.490 e. The molecule has 1 N–H and O–H groups in total. The molecule has 0 unspecified atom stereocenters. The first-order valence-electron chi connectivity index (χ1n) is 6.85. The predicted octanol–water partition coefficient (Wildman–Crippen LogP) is 4.10. The van der Waals surface area contributed by atoms with Gasteiger partial charge in [-0.05, 0) is 51.5 Å². The Hall–Kier alpha value is -1.19. The van der Waals surface area contributed by atoms with Gasteiger partial charge in [-0.1, -0.05) is 17.7 Å². The number of rotatable bonds is 7. The molecule has 0 amide bonds. The van der Waals surface area contributed by atoms with E-state index in [9.17, 15) is 0 Å². The van der Waals surface area contributed by atoms with Crippen LogP contribution in [-0.2, 0) is 6.54 Å². The molecule has 1 aromatic carbocycles. The van der Waals surface area contributed by atoms with E-state index in [4.69, 9.17) is 21.1 Å². The zero-order chi connectivity index (χ0) is 15.0.